The van der Waals surface area contributed by atoms with Crippen LogP contribution in [0.4, 0.5) is 0 Å². The van der Waals surface area contributed by atoms with Gasteiger partial charge < -0.3 is 28.4 Å². The van der Waals surface area contributed by atoms with Gasteiger partial charge in [-0.1, -0.05) is 43.2 Å². The molecule has 3 aliphatic heterocycles. The van der Waals surface area contributed by atoms with E-state index < -0.39 is 42.1 Å². The van der Waals surface area contributed by atoms with E-state index in [9.17, 15) is 4.79 Å². The molecule has 184 valence electrons. The fourth-order valence-corrected chi connectivity index (χ4v) is 6.11. The molecule has 3 heterocycles. The van der Waals surface area contributed by atoms with E-state index in [2.05, 4.69) is 0 Å². The minimum Gasteiger partial charge on any atom is -0.453 e. The number of fused-ring (bicyclic) bond motifs is 1. The van der Waals surface area contributed by atoms with Gasteiger partial charge in [0.15, 0.2) is 30.1 Å². The third kappa shape index (κ3) is 4.44. The summed E-state index contributed by atoms with van der Waals surface area (Å²) in [6.07, 6.45) is 10.9. The highest BCUT2D eigenvalue weighted by Gasteiger charge is 2.62. The van der Waals surface area contributed by atoms with Crippen molar-refractivity contribution in [2.45, 2.75) is 106 Å². The average molecular weight is 471 g/mol. The molecular weight excluding hydrogens is 436 g/mol. The zero-order valence-electron chi connectivity index (χ0n) is 19.6. The maximum atomic E-state index is 12.9. The molecule has 2 aliphatic carbocycles. The minimum atomic E-state index is -0.624. The lowest BCUT2D eigenvalue weighted by atomic mass is 9.94. The van der Waals surface area contributed by atoms with Crippen molar-refractivity contribution < 1.29 is 33.2 Å². The number of carbonyl (C=O) groups is 1. The number of ether oxygens (including phenoxy) is 6. The molecule has 7 nitrogen and oxygen atoms in total. The molecular formula is C27H34O7. The zero-order chi connectivity index (χ0) is 23.0. The van der Waals surface area contributed by atoms with Crippen molar-refractivity contribution in [3.63, 3.8) is 0 Å². The number of benzene rings is 1. The van der Waals surface area contributed by atoms with Gasteiger partial charge >= 0.3 is 5.97 Å². The van der Waals surface area contributed by atoms with Crippen LogP contribution in [-0.2, 0) is 33.2 Å². The first kappa shape index (κ1) is 22.7. The van der Waals surface area contributed by atoms with Crippen LogP contribution in [0.1, 0.15) is 69.8 Å². The molecule has 0 unspecified atom stereocenters. The second-order valence-electron chi connectivity index (χ2n) is 10.2. The van der Waals surface area contributed by atoms with Crippen LogP contribution in [0.15, 0.2) is 36.4 Å². The van der Waals surface area contributed by atoms with E-state index in [4.69, 9.17) is 28.4 Å². The molecule has 0 bridgehead atoms. The maximum absolute atomic E-state index is 12.9. The Kier molecular flexibility index (Phi) is 6.24. The van der Waals surface area contributed by atoms with Crippen LogP contribution in [0.25, 0.3) is 6.08 Å². The molecule has 0 amide bonds. The van der Waals surface area contributed by atoms with E-state index in [0.717, 1.165) is 56.9 Å². The Morgan fingerprint density at radius 2 is 1.56 bits per heavy atom. The van der Waals surface area contributed by atoms with E-state index in [1.165, 1.54) is 18.9 Å². The van der Waals surface area contributed by atoms with Crippen LogP contribution in [0.3, 0.4) is 0 Å². The highest BCUT2D eigenvalue weighted by atomic mass is 16.9. The number of carbonyl (C=O) groups excluding carboxylic acids is 1. The van der Waals surface area contributed by atoms with Crippen molar-refractivity contribution in [1.82, 2.24) is 0 Å². The van der Waals surface area contributed by atoms with Gasteiger partial charge in [0, 0.05) is 31.8 Å². The summed E-state index contributed by atoms with van der Waals surface area (Å²) in [7, 11) is 0. The molecule has 5 atom stereocenters. The van der Waals surface area contributed by atoms with Gasteiger partial charge in [-0.3, -0.25) is 0 Å². The largest absolute Gasteiger partial charge is 0.453 e. The summed E-state index contributed by atoms with van der Waals surface area (Å²) in [5, 5.41) is 0. The van der Waals surface area contributed by atoms with Gasteiger partial charge in [-0.05, 0) is 37.3 Å². The number of esters is 1. The van der Waals surface area contributed by atoms with E-state index >= 15 is 0 Å². The Labute approximate surface area is 200 Å². The molecule has 5 aliphatic rings. The molecule has 7 heteroatoms. The molecule has 2 spiro atoms. The second kappa shape index (κ2) is 9.36. The zero-order valence-corrected chi connectivity index (χ0v) is 19.6. The lowest BCUT2D eigenvalue weighted by Gasteiger charge is -2.35. The summed E-state index contributed by atoms with van der Waals surface area (Å²) < 4.78 is 37.8. The standard InChI is InChI=1S/C27H34O7/c28-21(13-12-19-10-4-1-5-11-19)30-23-22(20-18-29-26(32-20)14-6-2-7-15-26)31-25-24(23)33-27(34-25)16-8-3-9-17-27/h1,4-5,10-13,20,22-25H,2-3,6-9,14-18H2/b13-12+/t20-,22+,23+,24-,25-/m1/s1. The van der Waals surface area contributed by atoms with Crippen molar-refractivity contribution in [3.05, 3.63) is 42.0 Å². The first-order valence-electron chi connectivity index (χ1n) is 12.9. The van der Waals surface area contributed by atoms with Crippen molar-refractivity contribution in [3.8, 4) is 0 Å². The Balaban J connectivity index is 1.19. The lowest BCUT2D eigenvalue weighted by molar-refractivity contribution is -0.261. The third-order valence-corrected chi connectivity index (χ3v) is 7.83. The van der Waals surface area contributed by atoms with Gasteiger partial charge in [0.25, 0.3) is 0 Å². The number of hydrogen-bond acceptors (Lipinski definition) is 7. The van der Waals surface area contributed by atoms with Gasteiger partial charge in [-0.25, -0.2) is 4.79 Å². The normalized spacial score (nSPS) is 36.3. The predicted octanol–water partition coefficient (Wildman–Crippen LogP) is 4.49. The van der Waals surface area contributed by atoms with Crippen LogP contribution in [0.2, 0.25) is 0 Å². The van der Waals surface area contributed by atoms with E-state index in [0.29, 0.717) is 6.61 Å². The Bertz CT molecular complexity index is 887. The highest BCUT2D eigenvalue weighted by molar-refractivity contribution is 5.87. The smallest absolute Gasteiger partial charge is 0.331 e. The van der Waals surface area contributed by atoms with Crippen LogP contribution in [-0.4, -0.2) is 54.9 Å². The monoisotopic (exact) mass is 470 g/mol. The van der Waals surface area contributed by atoms with Gasteiger partial charge in [-0.15, -0.1) is 0 Å². The first-order valence-corrected chi connectivity index (χ1v) is 12.9. The molecule has 0 N–H and O–H groups in total. The Morgan fingerprint density at radius 3 is 2.29 bits per heavy atom. The maximum Gasteiger partial charge on any atom is 0.331 e. The Morgan fingerprint density at radius 1 is 0.853 bits per heavy atom. The van der Waals surface area contributed by atoms with Crippen LogP contribution in [0.5, 0.6) is 0 Å². The predicted molar refractivity (Wildman–Crippen MR) is 122 cm³/mol. The van der Waals surface area contributed by atoms with Gasteiger partial charge in [0.1, 0.15) is 12.2 Å². The van der Waals surface area contributed by atoms with E-state index in [-0.39, 0.29) is 6.10 Å². The molecule has 3 saturated heterocycles. The third-order valence-electron chi connectivity index (χ3n) is 7.83. The number of rotatable bonds is 4. The minimum absolute atomic E-state index is 0.325. The van der Waals surface area contributed by atoms with Crippen molar-refractivity contribution >= 4 is 12.0 Å². The van der Waals surface area contributed by atoms with Crippen molar-refractivity contribution in [2.24, 2.45) is 0 Å². The SMILES string of the molecule is O=C(/C=C/c1ccccc1)O[C@H]1[C@H]([C@H]2COC3(CCCCC3)O2)O[C@@H]2OC3(CCCCC3)O[C@@H]21. The van der Waals surface area contributed by atoms with Gasteiger partial charge in [-0.2, -0.15) is 0 Å². The summed E-state index contributed by atoms with van der Waals surface area (Å²) in [5.41, 5.74) is 0.935. The summed E-state index contributed by atoms with van der Waals surface area (Å²) in [5.74, 6) is -1.58. The van der Waals surface area contributed by atoms with Gasteiger partial charge in [0.05, 0.1) is 6.61 Å². The lowest BCUT2D eigenvalue weighted by Crippen LogP contribution is -2.46. The molecule has 0 aromatic heterocycles. The molecule has 5 fully saturated rings. The van der Waals surface area contributed by atoms with E-state index in [1.807, 2.05) is 30.3 Å². The molecule has 1 aromatic carbocycles. The van der Waals surface area contributed by atoms with Gasteiger partial charge in [0.2, 0.25) is 0 Å². The summed E-state index contributed by atoms with van der Waals surface area (Å²) >= 11 is 0. The second-order valence-corrected chi connectivity index (χ2v) is 10.2. The summed E-state index contributed by atoms with van der Waals surface area (Å²) in [4.78, 5) is 12.9. The van der Waals surface area contributed by atoms with Crippen LogP contribution in [0, 0.1) is 0 Å². The van der Waals surface area contributed by atoms with E-state index in [1.54, 1.807) is 6.08 Å². The fraction of sp³-hybridized carbons (Fsp3) is 0.667. The molecule has 0 radical (unpaired) electrons. The average Bonchev–Trinajstić information content (AvgIpc) is 3.52. The molecule has 1 aromatic rings. The van der Waals surface area contributed by atoms with Crippen LogP contribution >= 0.6 is 0 Å². The highest BCUT2D eigenvalue weighted by Crippen LogP contribution is 2.48. The summed E-state index contributed by atoms with van der Waals surface area (Å²) in [6.45, 7) is 0.420. The van der Waals surface area contributed by atoms with Crippen molar-refractivity contribution in [2.75, 3.05) is 6.61 Å². The quantitative estimate of drug-likeness (QED) is 0.474. The molecule has 6 rings (SSSR count). The topological polar surface area (TPSA) is 72.5 Å². The summed E-state index contributed by atoms with van der Waals surface area (Å²) in [6, 6.07) is 9.69. The molecule has 2 saturated carbocycles. The van der Waals surface area contributed by atoms with Crippen LogP contribution < -0.4 is 0 Å². The Hall–Kier alpha value is -1.77. The number of hydrogen-bond donors (Lipinski definition) is 0. The first-order chi connectivity index (χ1) is 16.6. The van der Waals surface area contributed by atoms with Crippen molar-refractivity contribution in [1.29, 1.82) is 0 Å². The fourth-order valence-electron chi connectivity index (χ4n) is 6.11. The molecule has 34 heavy (non-hydrogen) atoms.